The monoisotopic (exact) mass is 285 g/mol. The first kappa shape index (κ1) is 12.6. The zero-order valence-corrected chi connectivity index (χ0v) is 11.5. The molecule has 6 heteroatoms. The minimum absolute atomic E-state index is 0.0990. The fourth-order valence-electron chi connectivity index (χ4n) is 1.95. The maximum absolute atomic E-state index is 12.3. The first-order chi connectivity index (χ1) is 9.65. The maximum Gasteiger partial charge on any atom is 0.274 e. The summed E-state index contributed by atoms with van der Waals surface area (Å²) in [4.78, 5) is 28.3. The molecular formula is C14H11N3O2S. The molecule has 0 aliphatic carbocycles. The van der Waals surface area contributed by atoms with Gasteiger partial charge in [-0.2, -0.15) is 0 Å². The SMILES string of the molecule is CC(=O)Nc1cccc(-n2sc3ncccc3c2=O)c1. The molecule has 2 heterocycles. The fourth-order valence-corrected chi connectivity index (χ4v) is 2.88. The van der Waals surface area contributed by atoms with Gasteiger partial charge in [-0.15, -0.1) is 0 Å². The molecule has 5 nitrogen and oxygen atoms in total. The van der Waals surface area contributed by atoms with Crippen LogP contribution in [-0.2, 0) is 4.79 Å². The number of carbonyl (C=O) groups excluding carboxylic acids is 1. The summed E-state index contributed by atoms with van der Waals surface area (Å²) < 4.78 is 1.57. The second-order valence-corrected chi connectivity index (χ2v) is 5.21. The molecule has 20 heavy (non-hydrogen) atoms. The lowest BCUT2D eigenvalue weighted by Gasteiger charge is -2.05. The number of fused-ring (bicyclic) bond motifs is 1. The Morgan fingerprint density at radius 3 is 2.90 bits per heavy atom. The summed E-state index contributed by atoms with van der Waals surface area (Å²) in [5.74, 6) is -0.146. The molecule has 0 aliphatic rings. The number of carbonyl (C=O) groups is 1. The molecule has 0 saturated heterocycles. The van der Waals surface area contributed by atoms with Gasteiger partial charge in [0.25, 0.3) is 5.56 Å². The van der Waals surface area contributed by atoms with E-state index in [4.69, 9.17) is 0 Å². The van der Waals surface area contributed by atoms with E-state index in [1.807, 2.05) is 6.07 Å². The smallest absolute Gasteiger partial charge is 0.274 e. The van der Waals surface area contributed by atoms with Crippen molar-refractivity contribution < 1.29 is 4.79 Å². The molecule has 2 aromatic heterocycles. The Bertz CT molecular complexity index is 851. The van der Waals surface area contributed by atoms with Crippen LogP contribution >= 0.6 is 11.5 Å². The highest BCUT2D eigenvalue weighted by atomic mass is 32.1. The molecule has 0 bridgehead atoms. The van der Waals surface area contributed by atoms with E-state index in [0.717, 1.165) is 0 Å². The van der Waals surface area contributed by atoms with E-state index < -0.39 is 0 Å². The summed E-state index contributed by atoms with van der Waals surface area (Å²) in [5, 5.41) is 3.30. The van der Waals surface area contributed by atoms with E-state index >= 15 is 0 Å². The number of hydrogen-bond donors (Lipinski definition) is 1. The van der Waals surface area contributed by atoms with E-state index in [1.165, 1.54) is 18.5 Å². The minimum atomic E-state index is -0.146. The number of aromatic nitrogens is 2. The summed E-state index contributed by atoms with van der Waals surface area (Å²) in [6, 6.07) is 10.7. The van der Waals surface area contributed by atoms with Gasteiger partial charge >= 0.3 is 0 Å². The molecule has 0 saturated carbocycles. The number of pyridine rings is 1. The van der Waals surface area contributed by atoms with Crippen molar-refractivity contribution >= 4 is 33.3 Å². The molecule has 3 rings (SSSR count). The Hall–Kier alpha value is -2.47. The number of amides is 1. The number of nitrogens with one attached hydrogen (secondary N) is 1. The molecule has 0 fully saturated rings. The first-order valence-electron chi connectivity index (χ1n) is 6.00. The van der Waals surface area contributed by atoms with Crippen molar-refractivity contribution in [1.82, 2.24) is 8.94 Å². The third-order valence-corrected chi connectivity index (χ3v) is 3.82. The van der Waals surface area contributed by atoms with Gasteiger partial charge in [-0.1, -0.05) is 6.07 Å². The normalized spacial score (nSPS) is 10.7. The van der Waals surface area contributed by atoms with Gasteiger partial charge in [0.1, 0.15) is 4.83 Å². The van der Waals surface area contributed by atoms with Gasteiger partial charge in [-0.3, -0.25) is 9.59 Å². The largest absolute Gasteiger partial charge is 0.326 e. The summed E-state index contributed by atoms with van der Waals surface area (Å²) in [6.07, 6.45) is 1.66. The van der Waals surface area contributed by atoms with Crippen molar-refractivity contribution in [2.45, 2.75) is 6.92 Å². The molecule has 0 atom stereocenters. The van der Waals surface area contributed by atoms with Gasteiger partial charge in [-0.05, 0) is 41.9 Å². The average Bonchev–Trinajstić information content (AvgIpc) is 2.76. The fraction of sp³-hybridized carbons (Fsp3) is 0.0714. The van der Waals surface area contributed by atoms with Crippen LogP contribution in [0.2, 0.25) is 0 Å². The first-order valence-corrected chi connectivity index (χ1v) is 6.77. The molecule has 1 aromatic carbocycles. The average molecular weight is 285 g/mol. The van der Waals surface area contributed by atoms with Crippen LogP contribution in [0.5, 0.6) is 0 Å². The van der Waals surface area contributed by atoms with Crippen LogP contribution in [0.15, 0.2) is 47.4 Å². The molecule has 3 aromatic rings. The molecule has 1 amide bonds. The van der Waals surface area contributed by atoms with E-state index in [9.17, 15) is 9.59 Å². The number of rotatable bonds is 2. The number of anilines is 1. The number of nitrogens with zero attached hydrogens (tertiary/aromatic N) is 2. The van der Waals surface area contributed by atoms with Gasteiger partial charge in [0.05, 0.1) is 11.1 Å². The Morgan fingerprint density at radius 1 is 1.30 bits per heavy atom. The Morgan fingerprint density at radius 2 is 2.15 bits per heavy atom. The van der Waals surface area contributed by atoms with E-state index in [-0.39, 0.29) is 11.5 Å². The van der Waals surface area contributed by atoms with Crippen LogP contribution in [-0.4, -0.2) is 14.8 Å². The van der Waals surface area contributed by atoms with Crippen LogP contribution in [0.4, 0.5) is 5.69 Å². The van der Waals surface area contributed by atoms with Crippen molar-refractivity contribution in [2.75, 3.05) is 5.32 Å². The third kappa shape index (κ3) is 2.21. The quantitative estimate of drug-likeness (QED) is 0.786. The molecule has 0 aliphatic heterocycles. The highest BCUT2D eigenvalue weighted by Crippen LogP contribution is 2.20. The Balaban J connectivity index is 2.13. The lowest BCUT2D eigenvalue weighted by atomic mass is 10.2. The lowest BCUT2D eigenvalue weighted by molar-refractivity contribution is -0.114. The van der Waals surface area contributed by atoms with Crippen molar-refractivity contribution in [1.29, 1.82) is 0 Å². The van der Waals surface area contributed by atoms with Crippen molar-refractivity contribution in [2.24, 2.45) is 0 Å². The standard InChI is InChI=1S/C14H11N3O2S/c1-9(18)16-10-4-2-5-11(8-10)17-14(19)12-6-3-7-15-13(12)20-17/h2-8H,1H3,(H,16,18). The summed E-state index contributed by atoms with van der Waals surface area (Å²) >= 11 is 1.28. The molecule has 0 radical (unpaired) electrons. The second-order valence-electron chi connectivity index (χ2n) is 4.28. The van der Waals surface area contributed by atoms with Gasteiger partial charge in [-0.25, -0.2) is 8.94 Å². The maximum atomic E-state index is 12.3. The molecule has 0 spiro atoms. The van der Waals surface area contributed by atoms with Gasteiger partial charge in [0.15, 0.2) is 0 Å². The second kappa shape index (κ2) is 4.90. The lowest BCUT2D eigenvalue weighted by Crippen LogP contribution is -2.11. The summed E-state index contributed by atoms with van der Waals surface area (Å²) in [7, 11) is 0. The molecule has 100 valence electrons. The highest BCUT2D eigenvalue weighted by molar-refractivity contribution is 7.13. The van der Waals surface area contributed by atoms with Gasteiger partial charge in [0.2, 0.25) is 5.91 Å². The topological polar surface area (TPSA) is 64.0 Å². The summed E-state index contributed by atoms with van der Waals surface area (Å²) in [6.45, 7) is 1.45. The van der Waals surface area contributed by atoms with Crippen molar-refractivity contribution in [3.63, 3.8) is 0 Å². The van der Waals surface area contributed by atoms with Crippen LogP contribution in [0.25, 0.3) is 15.9 Å². The number of hydrogen-bond acceptors (Lipinski definition) is 4. The minimum Gasteiger partial charge on any atom is -0.326 e. The van der Waals surface area contributed by atoms with Crippen LogP contribution in [0.3, 0.4) is 0 Å². The van der Waals surface area contributed by atoms with Crippen LogP contribution in [0.1, 0.15) is 6.92 Å². The van der Waals surface area contributed by atoms with Crippen molar-refractivity contribution in [3.05, 3.63) is 52.9 Å². The van der Waals surface area contributed by atoms with Gasteiger partial charge in [0, 0.05) is 18.8 Å². The zero-order valence-electron chi connectivity index (χ0n) is 10.7. The van der Waals surface area contributed by atoms with E-state index in [1.54, 1.807) is 40.5 Å². The molecule has 0 unspecified atom stereocenters. The Kier molecular flexibility index (Phi) is 3.08. The van der Waals surface area contributed by atoms with E-state index in [0.29, 0.717) is 21.6 Å². The predicted octanol–water partition coefficient (Wildman–Crippen LogP) is 2.41. The van der Waals surface area contributed by atoms with Crippen LogP contribution < -0.4 is 10.9 Å². The van der Waals surface area contributed by atoms with Crippen LogP contribution in [0, 0.1) is 0 Å². The molecule has 1 N–H and O–H groups in total. The molecular weight excluding hydrogens is 274 g/mol. The highest BCUT2D eigenvalue weighted by Gasteiger charge is 2.10. The van der Waals surface area contributed by atoms with E-state index in [2.05, 4.69) is 10.3 Å². The predicted molar refractivity (Wildman–Crippen MR) is 79.5 cm³/mol. The third-order valence-electron chi connectivity index (χ3n) is 2.76. The van der Waals surface area contributed by atoms with Crippen molar-refractivity contribution in [3.8, 4) is 5.69 Å². The zero-order chi connectivity index (χ0) is 14.1. The Labute approximate surface area is 118 Å². The number of benzene rings is 1. The van der Waals surface area contributed by atoms with Gasteiger partial charge < -0.3 is 5.32 Å². The summed E-state index contributed by atoms with van der Waals surface area (Å²) in [5.41, 5.74) is 1.27.